The smallest absolute Gasteiger partial charge is 0.431 e. The summed E-state index contributed by atoms with van der Waals surface area (Å²) in [6.45, 7) is 1.40. The fourth-order valence-electron chi connectivity index (χ4n) is 2.52. The molecule has 0 spiro atoms. The van der Waals surface area contributed by atoms with Crippen molar-refractivity contribution in [2.45, 2.75) is 13.1 Å². The second kappa shape index (κ2) is 9.48. The average Bonchev–Trinajstić information content (AvgIpc) is 2.64. The van der Waals surface area contributed by atoms with Gasteiger partial charge in [0.15, 0.2) is 0 Å². The molecule has 8 nitrogen and oxygen atoms in total. The number of aromatic nitrogens is 2. The maximum atomic E-state index is 13.0. The van der Waals surface area contributed by atoms with E-state index in [9.17, 15) is 27.6 Å². The Labute approximate surface area is 182 Å². The zero-order valence-corrected chi connectivity index (χ0v) is 17.5. The molecule has 1 aromatic carbocycles. The number of alkyl halides is 3. The summed E-state index contributed by atoms with van der Waals surface area (Å²) in [5.74, 6) is -1.45. The van der Waals surface area contributed by atoms with Crippen molar-refractivity contribution in [1.82, 2.24) is 9.13 Å². The highest BCUT2D eigenvalue weighted by Gasteiger charge is 2.35. The molecule has 168 valence electrons. The fraction of sp³-hybridized carbons (Fsp3) is 0.278. The zero-order chi connectivity index (χ0) is 23.5. The van der Waals surface area contributed by atoms with E-state index in [0.29, 0.717) is 4.57 Å². The van der Waals surface area contributed by atoms with Crippen LogP contribution < -0.4 is 16.0 Å². The molecule has 0 atom stereocenters. The number of aliphatic carboxylic acids is 1. The molecule has 0 saturated heterocycles. The minimum atomic E-state index is -4.92. The number of hydrogen-bond donors (Lipinski definition) is 1. The van der Waals surface area contributed by atoms with Crippen LogP contribution in [0.25, 0.3) is 5.69 Å². The number of halogens is 5. The van der Waals surface area contributed by atoms with Crippen molar-refractivity contribution < 1.29 is 32.5 Å². The van der Waals surface area contributed by atoms with Crippen molar-refractivity contribution >= 4 is 29.2 Å². The van der Waals surface area contributed by atoms with E-state index in [4.69, 9.17) is 37.8 Å². The Morgan fingerprint density at radius 2 is 1.84 bits per heavy atom. The quantitative estimate of drug-likeness (QED) is 0.480. The van der Waals surface area contributed by atoms with E-state index in [0.717, 1.165) is 25.3 Å². The lowest BCUT2D eigenvalue weighted by atomic mass is 10.2. The van der Waals surface area contributed by atoms with E-state index in [1.807, 2.05) is 0 Å². The molecule has 31 heavy (non-hydrogen) atoms. The molecule has 0 aliphatic heterocycles. The highest BCUT2D eigenvalue weighted by molar-refractivity contribution is 6.36. The van der Waals surface area contributed by atoms with Gasteiger partial charge in [-0.25, -0.2) is 14.2 Å². The third kappa shape index (κ3) is 5.61. The summed E-state index contributed by atoms with van der Waals surface area (Å²) in [4.78, 5) is 35.6. The summed E-state index contributed by atoms with van der Waals surface area (Å²) in [5.41, 5.74) is -4.27. The molecule has 13 heteroatoms. The van der Waals surface area contributed by atoms with Gasteiger partial charge in [-0.15, -0.1) is 0 Å². The molecule has 1 aromatic heterocycles. The number of carbonyl (C=O) groups is 1. The predicted molar refractivity (Wildman–Crippen MR) is 105 cm³/mol. The van der Waals surface area contributed by atoms with Crippen LogP contribution in [0.5, 0.6) is 5.75 Å². The van der Waals surface area contributed by atoms with E-state index in [-0.39, 0.29) is 51.1 Å². The fourth-order valence-corrected chi connectivity index (χ4v) is 3.04. The van der Waals surface area contributed by atoms with Crippen LogP contribution in [0.3, 0.4) is 0 Å². The summed E-state index contributed by atoms with van der Waals surface area (Å²) in [7, 11) is 0.855. The lowest BCUT2D eigenvalue weighted by molar-refractivity contribution is -0.144. The Kier molecular flexibility index (Phi) is 7.45. The molecule has 0 bridgehead atoms. The van der Waals surface area contributed by atoms with Crippen molar-refractivity contribution in [3.8, 4) is 11.4 Å². The van der Waals surface area contributed by atoms with Gasteiger partial charge in [0.25, 0.3) is 5.56 Å². The Morgan fingerprint density at radius 1 is 1.19 bits per heavy atom. The Bertz CT molecular complexity index is 1150. The maximum absolute atomic E-state index is 13.0. The Hall–Kier alpha value is -2.92. The van der Waals surface area contributed by atoms with Crippen molar-refractivity contribution in [2.75, 3.05) is 13.2 Å². The van der Waals surface area contributed by atoms with Crippen molar-refractivity contribution in [3.63, 3.8) is 0 Å². The first-order chi connectivity index (χ1) is 14.4. The normalized spacial score (nSPS) is 12.0. The van der Waals surface area contributed by atoms with Crippen molar-refractivity contribution in [3.05, 3.63) is 66.6 Å². The average molecular weight is 483 g/mol. The van der Waals surface area contributed by atoms with Crippen LogP contribution in [0.2, 0.25) is 10.0 Å². The first-order valence-corrected chi connectivity index (χ1v) is 9.21. The van der Waals surface area contributed by atoms with Gasteiger partial charge in [0.05, 0.1) is 28.4 Å². The Balaban J connectivity index is 2.56. The molecule has 0 fully saturated rings. The monoisotopic (exact) mass is 482 g/mol. The minimum Gasteiger partial charge on any atom is -0.494 e. The summed E-state index contributed by atoms with van der Waals surface area (Å²) in [6.07, 6.45) is -4.15. The molecule has 0 radical (unpaired) electrons. The first kappa shape index (κ1) is 24.4. The lowest BCUT2D eigenvalue weighted by Crippen LogP contribution is -2.40. The highest BCUT2D eigenvalue weighted by atomic mass is 35.5. The van der Waals surface area contributed by atoms with Crippen molar-refractivity contribution in [2.24, 2.45) is 7.05 Å². The third-order valence-corrected chi connectivity index (χ3v) is 4.44. The molecule has 2 rings (SSSR count). The number of carboxylic acids is 1. The Morgan fingerprint density at radius 3 is 2.39 bits per heavy atom. The van der Waals surface area contributed by atoms with Crippen molar-refractivity contribution in [1.29, 1.82) is 0 Å². The number of hydrogen-bond acceptors (Lipinski definition) is 5. The SMILES string of the molecule is CCOC(=CC(=O)O)COc1cc(-n2c(=O)cc(C(F)(F)F)n(C)c2=O)c(Cl)cc1Cl. The second-order valence-corrected chi connectivity index (χ2v) is 6.76. The van der Waals surface area contributed by atoms with E-state index in [1.54, 1.807) is 6.92 Å². The van der Waals surface area contributed by atoms with Crippen LogP contribution in [0.1, 0.15) is 12.6 Å². The number of carboxylic acid groups (broad SMARTS) is 1. The molecule has 1 heterocycles. The number of ether oxygens (including phenoxy) is 2. The molecule has 2 aromatic rings. The molecular weight excluding hydrogens is 468 g/mol. The molecule has 0 aliphatic carbocycles. The standard InChI is InChI=1S/C18H15Cl2F3N2O6/c1-3-30-9(4-16(27)28)8-31-13-6-12(10(19)5-11(13)20)25-15(26)7-14(18(21,22)23)24(2)17(25)29/h4-7H,3,8H2,1-2H3,(H,27,28). The number of benzene rings is 1. The number of nitrogens with zero attached hydrogens (tertiary/aromatic N) is 2. The van der Waals surface area contributed by atoms with Crippen LogP contribution in [0, 0.1) is 0 Å². The van der Waals surface area contributed by atoms with E-state index in [1.165, 1.54) is 0 Å². The summed E-state index contributed by atoms with van der Waals surface area (Å²) in [6, 6.07) is 2.46. The molecule has 0 aliphatic rings. The largest absolute Gasteiger partial charge is 0.494 e. The first-order valence-electron chi connectivity index (χ1n) is 8.45. The van der Waals surface area contributed by atoms with Gasteiger partial charge in [0.1, 0.15) is 23.8 Å². The van der Waals surface area contributed by atoms with Crippen LogP contribution in [-0.4, -0.2) is 33.4 Å². The predicted octanol–water partition coefficient (Wildman–Crippen LogP) is 3.25. The van der Waals surface area contributed by atoms with Gasteiger partial charge < -0.3 is 14.6 Å². The maximum Gasteiger partial charge on any atom is 0.431 e. The van der Waals surface area contributed by atoms with E-state index in [2.05, 4.69) is 0 Å². The molecule has 0 saturated carbocycles. The van der Waals surface area contributed by atoms with Gasteiger partial charge in [-0.1, -0.05) is 23.2 Å². The second-order valence-electron chi connectivity index (χ2n) is 5.95. The van der Waals surface area contributed by atoms with Gasteiger partial charge in [-0.3, -0.25) is 9.36 Å². The molecular formula is C18H15Cl2F3N2O6. The summed E-state index contributed by atoms with van der Waals surface area (Å²) < 4.78 is 50.3. The van der Waals surface area contributed by atoms with Gasteiger partial charge in [-0.2, -0.15) is 13.2 Å². The minimum absolute atomic E-state index is 0.0508. The third-order valence-electron chi connectivity index (χ3n) is 3.84. The lowest BCUT2D eigenvalue weighted by Gasteiger charge is -2.16. The summed E-state index contributed by atoms with van der Waals surface area (Å²) >= 11 is 12.1. The molecule has 0 amide bonds. The summed E-state index contributed by atoms with van der Waals surface area (Å²) in [5, 5.41) is 8.58. The number of rotatable bonds is 7. The molecule has 1 N–H and O–H groups in total. The van der Waals surface area contributed by atoms with Gasteiger partial charge in [0, 0.05) is 19.2 Å². The van der Waals surface area contributed by atoms with Crippen LogP contribution in [0.15, 0.2) is 39.6 Å². The van der Waals surface area contributed by atoms with E-state index < -0.39 is 29.1 Å². The topological polar surface area (TPSA) is 99.8 Å². The highest BCUT2D eigenvalue weighted by Crippen LogP contribution is 2.33. The molecule has 0 unspecified atom stereocenters. The van der Waals surface area contributed by atoms with Crippen LogP contribution >= 0.6 is 23.2 Å². The van der Waals surface area contributed by atoms with Crippen LogP contribution in [-0.2, 0) is 22.8 Å². The van der Waals surface area contributed by atoms with E-state index >= 15 is 0 Å². The van der Waals surface area contributed by atoms with Gasteiger partial charge in [0.2, 0.25) is 0 Å². The van der Waals surface area contributed by atoms with Gasteiger partial charge >= 0.3 is 17.8 Å². The van der Waals surface area contributed by atoms with Crippen LogP contribution in [0.4, 0.5) is 13.2 Å². The van der Waals surface area contributed by atoms with Gasteiger partial charge in [-0.05, 0) is 13.0 Å². The zero-order valence-electron chi connectivity index (χ0n) is 16.0.